The van der Waals surface area contributed by atoms with E-state index in [9.17, 15) is 39.6 Å². The number of pyridine rings is 1. The highest BCUT2D eigenvalue weighted by atomic mass is 16.3. The van der Waals surface area contributed by atoms with Gasteiger partial charge in [0.05, 0.1) is 17.2 Å². The lowest BCUT2D eigenvalue weighted by atomic mass is 9.58. The number of carbonyl (C=O) groups is 4. The van der Waals surface area contributed by atoms with Gasteiger partial charge in [-0.1, -0.05) is 13.0 Å². The van der Waals surface area contributed by atoms with Gasteiger partial charge in [-0.25, -0.2) is 0 Å². The van der Waals surface area contributed by atoms with E-state index in [4.69, 9.17) is 5.73 Å². The van der Waals surface area contributed by atoms with Crippen molar-refractivity contribution in [1.29, 1.82) is 0 Å². The number of rotatable bonds is 6. The van der Waals surface area contributed by atoms with Crippen molar-refractivity contribution >= 4 is 23.4 Å². The first-order valence-electron chi connectivity index (χ1n) is 13.5. The summed E-state index contributed by atoms with van der Waals surface area (Å²) in [6.45, 7) is 1.77. The quantitative estimate of drug-likeness (QED) is 0.269. The Morgan fingerprint density at radius 1 is 1.19 bits per heavy atom. The number of phenolic OH excluding ortho intramolecular Hbond substituents is 1. The highest BCUT2D eigenvalue weighted by molar-refractivity contribution is 6.24. The first-order valence-corrected chi connectivity index (χ1v) is 13.5. The average molecular weight is 577 g/mol. The third-order valence-corrected chi connectivity index (χ3v) is 8.64. The number of aromatic nitrogens is 1. The number of phenols is 1. The van der Waals surface area contributed by atoms with Crippen LogP contribution in [0, 0.1) is 11.8 Å². The van der Waals surface area contributed by atoms with E-state index in [-0.39, 0.29) is 41.8 Å². The molecule has 42 heavy (non-hydrogen) atoms. The van der Waals surface area contributed by atoms with Gasteiger partial charge in [0.15, 0.2) is 11.4 Å². The second-order valence-electron chi connectivity index (χ2n) is 11.1. The number of nitrogens with zero attached hydrogens (tertiary/aromatic N) is 2. The molecular weight excluding hydrogens is 544 g/mol. The van der Waals surface area contributed by atoms with Gasteiger partial charge in [0.25, 0.3) is 11.8 Å². The molecule has 0 saturated heterocycles. The molecule has 0 aliphatic heterocycles. The Bertz CT molecular complexity index is 1600. The van der Waals surface area contributed by atoms with Crippen molar-refractivity contribution in [3.05, 3.63) is 81.1 Å². The summed E-state index contributed by atoms with van der Waals surface area (Å²) in [6.07, 6.45) is 3.63. The number of primary amides is 1. The molecule has 1 heterocycles. The Kier molecular flexibility index (Phi) is 7.15. The van der Waals surface area contributed by atoms with Crippen LogP contribution in [0.15, 0.2) is 53.3 Å². The molecule has 0 spiro atoms. The van der Waals surface area contributed by atoms with Crippen LogP contribution in [0.4, 0.5) is 0 Å². The van der Waals surface area contributed by atoms with Crippen molar-refractivity contribution in [2.24, 2.45) is 17.6 Å². The number of carbonyl (C=O) groups excluding carboxylic acids is 4. The number of fused-ring (bicyclic) bond motifs is 3. The Balaban J connectivity index is 1.60. The van der Waals surface area contributed by atoms with Gasteiger partial charge in [0, 0.05) is 36.0 Å². The maximum atomic E-state index is 14.0. The molecule has 0 saturated carbocycles. The molecule has 220 valence electrons. The number of amides is 2. The number of allylic oxidation sites excluding steroid dienone is 1. The minimum atomic E-state index is -2.71. The van der Waals surface area contributed by atoms with Crippen molar-refractivity contribution in [1.82, 2.24) is 15.2 Å². The first-order chi connectivity index (χ1) is 19.8. The van der Waals surface area contributed by atoms with Crippen molar-refractivity contribution < 1.29 is 39.6 Å². The smallest absolute Gasteiger partial charge is 0.255 e. The number of likely N-dealkylation sites (N-methyl/N-ethyl adjacent to an activating group) is 1. The molecule has 3 aliphatic carbocycles. The van der Waals surface area contributed by atoms with Crippen LogP contribution in [0.2, 0.25) is 0 Å². The minimum Gasteiger partial charge on any atom is -0.510 e. The third kappa shape index (κ3) is 4.17. The first kappa shape index (κ1) is 29.0. The number of Topliss-reactive ketones (excluding diaryl/α,β-unsaturated/α-hetero) is 2. The molecule has 0 bridgehead atoms. The van der Waals surface area contributed by atoms with Crippen LogP contribution in [0.5, 0.6) is 5.75 Å². The van der Waals surface area contributed by atoms with Crippen LogP contribution in [0.3, 0.4) is 0 Å². The van der Waals surface area contributed by atoms with Gasteiger partial charge in [0.2, 0.25) is 5.78 Å². The molecule has 4 atom stereocenters. The number of ketones is 2. The van der Waals surface area contributed by atoms with Crippen LogP contribution in [0.1, 0.15) is 50.8 Å². The number of aliphatic hydroxyl groups excluding tert-OH is 2. The van der Waals surface area contributed by atoms with Crippen LogP contribution < -0.4 is 11.1 Å². The van der Waals surface area contributed by atoms with Crippen LogP contribution in [-0.2, 0) is 29.0 Å². The molecule has 12 heteroatoms. The standard InChI is InChI=1S/C30H32N4O8/c1-4-13-8-16(12-33-29(41)14-6-5-7-32-11-14)23(35)20-17(13)9-15-10-18-22(34(2)3)25(37)21(28(31)40)27(39)30(18,42)26(38)19(15)24(20)36/h5-8,11,15,18,22,35,37-38,42H,4,9-10,12H2,1-3H3,(H2,31,40)(H,33,41)/t15-,18-,22-,30+/m1/s1. The summed E-state index contributed by atoms with van der Waals surface area (Å²) in [4.78, 5) is 57.6. The SMILES string of the molecule is CCc1cc(CNC(=O)c2cccnc2)c(O)c2c1C[C@@H]1C[C@@H]3[C@@H](N(C)C)C(O)=C(C(N)=O)C(=O)[C@@]3(O)C(O)=C1C2=O. The van der Waals surface area contributed by atoms with Crippen LogP contribution in [-0.4, -0.2) is 79.4 Å². The number of benzene rings is 1. The fraction of sp³-hybridized carbons (Fsp3) is 0.367. The normalized spacial score (nSPS) is 25.2. The molecule has 12 nitrogen and oxygen atoms in total. The summed E-state index contributed by atoms with van der Waals surface area (Å²) in [6, 6.07) is 3.86. The van der Waals surface area contributed by atoms with Gasteiger partial charge in [-0.05, 0) is 62.5 Å². The maximum Gasteiger partial charge on any atom is 0.255 e. The minimum absolute atomic E-state index is 0.0125. The molecule has 0 radical (unpaired) electrons. The molecule has 0 fully saturated rings. The number of nitrogens with one attached hydrogen (secondary N) is 1. The van der Waals surface area contributed by atoms with Gasteiger partial charge < -0.3 is 31.5 Å². The van der Waals surface area contributed by atoms with Crippen LogP contribution >= 0.6 is 0 Å². The highest BCUT2D eigenvalue weighted by Crippen LogP contribution is 2.52. The molecule has 7 N–H and O–H groups in total. The number of hydrogen-bond donors (Lipinski definition) is 6. The van der Waals surface area contributed by atoms with Crippen molar-refractivity contribution in [3.8, 4) is 5.75 Å². The van der Waals surface area contributed by atoms with E-state index in [0.29, 0.717) is 17.5 Å². The molecular formula is C30H32N4O8. The highest BCUT2D eigenvalue weighted by Gasteiger charge is 2.63. The van der Waals surface area contributed by atoms with Gasteiger partial charge in [-0.15, -0.1) is 0 Å². The zero-order valence-corrected chi connectivity index (χ0v) is 23.3. The van der Waals surface area contributed by atoms with E-state index in [0.717, 1.165) is 5.56 Å². The van der Waals surface area contributed by atoms with Crippen molar-refractivity contribution in [3.63, 3.8) is 0 Å². The molecule has 2 amide bonds. The topological polar surface area (TPSA) is 203 Å². The van der Waals surface area contributed by atoms with Gasteiger partial charge >= 0.3 is 0 Å². The second kappa shape index (κ2) is 10.4. The summed E-state index contributed by atoms with van der Waals surface area (Å²) in [5.74, 6) is -7.44. The zero-order chi connectivity index (χ0) is 30.7. The summed E-state index contributed by atoms with van der Waals surface area (Å²) >= 11 is 0. The summed E-state index contributed by atoms with van der Waals surface area (Å²) in [7, 11) is 3.16. The molecule has 1 aromatic carbocycles. The molecule has 1 aromatic heterocycles. The largest absolute Gasteiger partial charge is 0.510 e. The predicted octanol–water partition coefficient (Wildman–Crippen LogP) is 1.01. The number of aliphatic hydroxyl groups is 3. The Labute approximate surface area is 241 Å². The second-order valence-corrected chi connectivity index (χ2v) is 11.1. The van der Waals surface area contributed by atoms with E-state index >= 15 is 0 Å². The number of aryl methyl sites for hydroxylation is 1. The van der Waals surface area contributed by atoms with E-state index in [1.165, 1.54) is 17.3 Å². The summed E-state index contributed by atoms with van der Waals surface area (Å²) in [5, 5.41) is 48.1. The molecule has 5 rings (SSSR count). The molecule has 3 aliphatic rings. The monoisotopic (exact) mass is 576 g/mol. The summed E-state index contributed by atoms with van der Waals surface area (Å²) < 4.78 is 0. The van der Waals surface area contributed by atoms with Gasteiger partial charge in [0.1, 0.15) is 22.8 Å². The number of hydrogen-bond acceptors (Lipinski definition) is 10. The predicted molar refractivity (Wildman–Crippen MR) is 148 cm³/mol. The van der Waals surface area contributed by atoms with Crippen LogP contribution in [0.25, 0.3) is 0 Å². The number of nitrogens with two attached hydrogens (primary N) is 1. The van der Waals surface area contributed by atoms with Crippen molar-refractivity contribution in [2.75, 3.05) is 14.1 Å². The lowest BCUT2D eigenvalue weighted by Crippen LogP contribution is -2.63. The molecule has 2 aromatic rings. The zero-order valence-electron chi connectivity index (χ0n) is 23.3. The van der Waals surface area contributed by atoms with E-state index in [1.54, 1.807) is 32.3 Å². The molecule has 0 unspecified atom stereocenters. The van der Waals surface area contributed by atoms with E-state index in [2.05, 4.69) is 10.3 Å². The fourth-order valence-corrected chi connectivity index (χ4v) is 6.68. The van der Waals surface area contributed by atoms with Crippen molar-refractivity contribution in [2.45, 2.75) is 44.4 Å². The Hall–Kier alpha value is -4.55. The Morgan fingerprint density at radius 2 is 1.90 bits per heavy atom. The van der Waals surface area contributed by atoms with E-state index < -0.39 is 64.0 Å². The van der Waals surface area contributed by atoms with Gasteiger partial charge in [-0.3, -0.25) is 29.1 Å². The van der Waals surface area contributed by atoms with Gasteiger partial charge in [-0.2, -0.15) is 0 Å². The fourth-order valence-electron chi connectivity index (χ4n) is 6.68. The lowest BCUT2D eigenvalue weighted by Gasteiger charge is -2.50. The number of aromatic hydroxyl groups is 1. The Morgan fingerprint density at radius 3 is 2.50 bits per heavy atom. The third-order valence-electron chi connectivity index (χ3n) is 8.64. The lowest BCUT2D eigenvalue weighted by molar-refractivity contribution is -0.148. The summed E-state index contributed by atoms with van der Waals surface area (Å²) in [5.41, 5.74) is 3.40. The maximum absolute atomic E-state index is 14.0. The van der Waals surface area contributed by atoms with E-state index in [1.807, 2.05) is 6.92 Å². The average Bonchev–Trinajstić information content (AvgIpc) is 2.94.